The van der Waals surface area contributed by atoms with E-state index in [2.05, 4.69) is 13.8 Å². The second-order valence-corrected chi connectivity index (χ2v) is 10.6. The first-order chi connectivity index (χ1) is 19.3. The third-order valence-corrected chi connectivity index (χ3v) is 6.56. The van der Waals surface area contributed by atoms with Crippen molar-refractivity contribution in [1.29, 1.82) is 0 Å². The van der Waals surface area contributed by atoms with Gasteiger partial charge in [-0.15, -0.1) is 0 Å². The molecule has 40 heavy (non-hydrogen) atoms. The minimum atomic E-state index is -0.870. The number of carbonyl (C=O) groups is 4. The second kappa shape index (κ2) is 33.1. The Labute approximate surface area is 244 Å². The summed E-state index contributed by atoms with van der Waals surface area (Å²) >= 11 is 0. The Morgan fingerprint density at radius 1 is 0.400 bits per heavy atom. The fourth-order valence-electron chi connectivity index (χ4n) is 4.08. The van der Waals surface area contributed by atoms with E-state index in [-0.39, 0.29) is 24.8 Å². The third-order valence-electron chi connectivity index (χ3n) is 6.56. The van der Waals surface area contributed by atoms with Crippen LogP contribution in [0, 0.1) is 0 Å². The van der Waals surface area contributed by atoms with Gasteiger partial charge in [0.15, 0.2) is 0 Å². The van der Waals surface area contributed by atoms with Crippen molar-refractivity contribution >= 4 is 23.9 Å². The van der Waals surface area contributed by atoms with Crippen LogP contribution in [0.2, 0.25) is 0 Å². The summed E-state index contributed by atoms with van der Waals surface area (Å²) in [4.78, 5) is 43.2. The summed E-state index contributed by atoms with van der Waals surface area (Å²) in [6.45, 7) is 5.60. The molecule has 0 radical (unpaired) electrons. The Hall–Kier alpha value is -2.12. The van der Waals surface area contributed by atoms with E-state index in [4.69, 9.17) is 19.7 Å². The van der Waals surface area contributed by atoms with Crippen molar-refractivity contribution < 1.29 is 38.9 Å². The van der Waals surface area contributed by atoms with Gasteiger partial charge >= 0.3 is 23.9 Å². The van der Waals surface area contributed by atoms with Crippen molar-refractivity contribution in [1.82, 2.24) is 0 Å². The van der Waals surface area contributed by atoms with Gasteiger partial charge in [-0.1, -0.05) is 104 Å². The topological polar surface area (TPSA) is 127 Å². The highest BCUT2D eigenvalue weighted by Crippen LogP contribution is 2.11. The zero-order valence-corrected chi connectivity index (χ0v) is 25.7. The largest absolute Gasteiger partial charge is 0.481 e. The summed E-state index contributed by atoms with van der Waals surface area (Å²) in [7, 11) is 0. The minimum absolute atomic E-state index is 0.0448. The molecule has 236 valence electrons. The molecule has 0 aliphatic rings. The van der Waals surface area contributed by atoms with Gasteiger partial charge in [0.1, 0.15) is 0 Å². The summed E-state index contributed by atoms with van der Waals surface area (Å²) in [5.41, 5.74) is 0. The maximum atomic E-state index is 11.7. The first kappa shape index (κ1) is 40.0. The lowest BCUT2D eigenvalue weighted by Gasteiger charge is -2.06. The lowest BCUT2D eigenvalue weighted by Crippen LogP contribution is -2.06. The Morgan fingerprint density at radius 3 is 1.00 bits per heavy atom. The van der Waals surface area contributed by atoms with Crippen molar-refractivity contribution in [2.45, 2.75) is 168 Å². The van der Waals surface area contributed by atoms with Crippen LogP contribution >= 0.6 is 0 Å². The monoisotopic (exact) mass is 572 g/mol. The van der Waals surface area contributed by atoms with E-state index in [1.165, 1.54) is 64.2 Å². The first-order valence-corrected chi connectivity index (χ1v) is 16.1. The first-order valence-electron chi connectivity index (χ1n) is 16.1. The van der Waals surface area contributed by atoms with Gasteiger partial charge in [0.05, 0.1) is 13.2 Å². The molecule has 0 atom stereocenters. The number of ether oxygens (including phenoxy) is 2. The fraction of sp³-hybridized carbons (Fsp3) is 0.875. The molecule has 0 rings (SSSR count). The molecule has 2 N–H and O–H groups in total. The maximum absolute atomic E-state index is 11.7. The summed E-state index contributed by atoms with van der Waals surface area (Å²) in [6, 6.07) is 0. The van der Waals surface area contributed by atoms with E-state index >= 15 is 0 Å². The van der Waals surface area contributed by atoms with Crippen LogP contribution in [-0.2, 0) is 28.7 Å². The zero-order valence-electron chi connectivity index (χ0n) is 25.7. The highest BCUT2D eigenvalue weighted by Gasteiger charge is 2.04. The number of esters is 2. The van der Waals surface area contributed by atoms with Crippen LogP contribution in [0.5, 0.6) is 0 Å². The van der Waals surface area contributed by atoms with E-state index in [0.717, 1.165) is 51.4 Å². The van der Waals surface area contributed by atoms with Crippen LogP contribution in [0.1, 0.15) is 168 Å². The molecule has 8 nitrogen and oxygen atoms in total. The van der Waals surface area contributed by atoms with Gasteiger partial charge in [0.25, 0.3) is 0 Å². The lowest BCUT2D eigenvalue weighted by atomic mass is 10.1. The highest BCUT2D eigenvalue weighted by molar-refractivity contribution is 5.69. The SMILES string of the molecule is CCCCCCCCOC(=O)CCCCCCCCC(=O)OCCCCCCCC.O=C(O)CCCCC(=O)O. The summed E-state index contributed by atoms with van der Waals surface area (Å²) in [5, 5.41) is 16.3. The predicted octanol–water partition coefficient (Wildman–Crippen LogP) is 8.63. The molecule has 0 heterocycles. The fourth-order valence-corrected chi connectivity index (χ4v) is 4.08. The van der Waals surface area contributed by atoms with Gasteiger partial charge in [-0.2, -0.15) is 0 Å². The number of rotatable bonds is 28. The Bertz CT molecular complexity index is 554. The van der Waals surface area contributed by atoms with Gasteiger partial charge in [-0.3, -0.25) is 19.2 Å². The van der Waals surface area contributed by atoms with E-state index in [9.17, 15) is 19.2 Å². The number of carboxylic acids is 2. The van der Waals surface area contributed by atoms with E-state index in [1.807, 2.05) is 0 Å². The van der Waals surface area contributed by atoms with Crippen LogP contribution in [0.3, 0.4) is 0 Å². The molecule has 0 bridgehead atoms. The molecule has 0 aromatic rings. The smallest absolute Gasteiger partial charge is 0.305 e. The number of hydrogen-bond acceptors (Lipinski definition) is 6. The van der Waals surface area contributed by atoms with Crippen LogP contribution < -0.4 is 0 Å². The van der Waals surface area contributed by atoms with E-state index in [1.54, 1.807) is 0 Å². The van der Waals surface area contributed by atoms with Gasteiger partial charge in [-0.25, -0.2) is 0 Å². The molecule has 0 saturated carbocycles. The standard InChI is InChI=1S/C26H50O4.C6H10O4/c1-3-5-7-9-15-19-23-29-25(27)21-17-13-11-12-14-18-22-26(28)30-24-20-16-10-8-6-4-2;7-5(8)3-1-2-4-6(9)10/h3-24H2,1-2H3;1-4H2,(H,7,8)(H,9,10). The molecule has 0 aromatic carbocycles. The molecule has 0 unspecified atom stereocenters. The van der Waals surface area contributed by atoms with Crippen molar-refractivity contribution in [2.75, 3.05) is 13.2 Å². The van der Waals surface area contributed by atoms with Crippen molar-refractivity contribution in [3.63, 3.8) is 0 Å². The predicted molar refractivity (Wildman–Crippen MR) is 159 cm³/mol. The summed E-state index contributed by atoms with van der Waals surface area (Å²) in [6.07, 6.45) is 22.9. The molecule has 0 fully saturated rings. The zero-order chi connectivity index (χ0) is 30.1. The van der Waals surface area contributed by atoms with Crippen molar-refractivity contribution in [3.8, 4) is 0 Å². The van der Waals surface area contributed by atoms with Crippen molar-refractivity contribution in [2.24, 2.45) is 0 Å². The van der Waals surface area contributed by atoms with Crippen LogP contribution in [-0.4, -0.2) is 47.3 Å². The Kier molecular flexibility index (Phi) is 33.1. The number of hydrogen-bond donors (Lipinski definition) is 2. The Morgan fingerprint density at radius 2 is 0.675 bits per heavy atom. The maximum Gasteiger partial charge on any atom is 0.305 e. The van der Waals surface area contributed by atoms with Crippen molar-refractivity contribution in [3.05, 3.63) is 0 Å². The Balaban J connectivity index is 0. The molecule has 0 aliphatic heterocycles. The van der Waals surface area contributed by atoms with Gasteiger partial charge in [0, 0.05) is 25.7 Å². The van der Waals surface area contributed by atoms with Crippen LogP contribution in [0.25, 0.3) is 0 Å². The molecule has 0 saturated heterocycles. The van der Waals surface area contributed by atoms with E-state index in [0.29, 0.717) is 38.9 Å². The van der Waals surface area contributed by atoms with E-state index < -0.39 is 11.9 Å². The normalized spacial score (nSPS) is 10.4. The second-order valence-electron chi connectivity index (χ2n) is 10.6. The van der Waals surface area contributed by atoms with Crippen LogP contribution in [0.15, 0.2) is 0 Å². The molecular weight excluding hydrogens is 512 g/mol. The number of aliphatic carboxylic acids is 2. The lowest BCUT2D eigenvalue weighted by molar-refractivity contribution is -0.144. The quantitative estimate of drug-likeness (QED) is 0.0704. The average molecular weight is 573 g/mol. The highest BCUT2D eigenvalue weighted by atomic mass is 16.5. The van der Waals surface area contributed by atoms with Gasteiger partial charge < -0.3 is 19.7 Å². The van der Waals surface area contributed by atoms with Gasteiger partial charge in [-0.05, 0) is 38.5 Å². The average Bonchev–Trinajstić information content (AvgIpc) is 2.91. The molecular formula is C32H60O8. The third kappa shape index (κ3) is 38.0. The number of carboxylic acid groups (broad SMARTS) is 2. The molecule has 0 aromatic heterocycles. The molecule has 0 aliphatic carbocycles. The number of unbranched alkanes of at least 4 members (excludes halogenated alkanes) is 16. The number of carbonyl (C=O) groups excluding carboxylic acids is 2. The minimum Gasteiger partial charge on any atom is -0.481 e. The summed E-state index contributed by atoms with van der Waals surface area (Å²) < 4.78 is 10.6. The van der Waals surface area contributed by atoms with Gasteiger partial charge in [0.2, 0.25) is 0 Å². The molecule has 0 amide bonds. The molecule has 8 heteroatoms. The summed E-state index contributed by atoms with van der Waals surface area (Å²) in [5.74, 6) is -1.83. The van der Waals surface area contributed by atoms with Crippen LogP contribution in [0.4, 0.5) is 0 Å². The molecule has 0 spiro atoms.